The van der Waals surface area contributed by atoms with Crippen molar-refractivity contribution >= 4 is 18.3 Å². The Balaban J connectivity index is 0.00000192. The van der Waals surface area contributed by atoms with Crippen LogP contribution in [0.5, 0.6) is 0 Å². The Labute approximate surface area is 140 Å². The monoisotopic (exact) mass is 335 g/mol. The number of piperidine rings is 1. The molecule has 1 saturated heterocycles. The average Bonchev–Trinajstić information content (AvgIpc) is 2.56. The smallest absolute Gasteiger partial charge is 0.253 e. The molecular formula is C17H19ClFN3O. The van der Waals surface area contributed by atoms with Gasteiger partial charge in [-0.05, 0) is 50.2 Å². The molecule has 0 unspecified atom stereocenters. The van der Waals surface area contributed by atoms with Crippen molar-refractivity contribution in [2.45, 2.75) is 18.9 Å². The predicted octanol–water partition coefficient (Wildman–Crippen LogP) is 2.79. The van der Waals surface area contributed by atoms with Crippen molar-refractivity contribution < 1.29 is 9.18 Å². The van der Waals surface area contributed by atoms with Crippen molar-refractivity contribution in [3.63, 3.8) is 0 Å². The van der Waals surface area contributed by atoms with Gasteiger partial charge in [-0.15, -0.1) is 12.4 Å². The van der Waals surface area contributed by atoms with Crippen LogP contribution in [-0.2, 0) is 0 Å². The molecule has 1 fully saturated rings. The Morgan fingerprint density at radius 3 is 2.65 bits per heavy atom. The summed E-state index contributed by atoms with van der Waals surface area (Å²) in [5.74, 6) is -0.405. The molecule has 6 heteroatoms. The molecule has 1 aromatic heterocycles. The second kappa shape index (κ2) is 8.04. The molecule has 2 aromatic rings. The first-order valence-electron chi connectivity index (χ1n) is 7.46. The number of benzene rings is 1. The molecule has 1 amide bonds. The molecule has 2 N–H and O–H groups in total. The lowest BCUT2D eigenvalue weighted by atomic mass is 10.1. The number of rotatable bonds is 3. The molecule has 23 heavy (non-hydrogen) atoms. The number of carbonyl (C=O) groups excluding carboxylic acids is 1. The standard InChI is InChI=1S/C17H18FN3O.ClH/c18-14-3-1-2-12(10-14)16-5-4-13(11-20-16)17(22)21-15-6-8-19-9-7-15;/h1-5,10-11,15,19H,6-9H2,(H,21,22);1H. The predicted molar refractivity (Wildman–Crippen MR) is 90.2 cm³/mol. The molecule has 122 valence electrons. The summed E-state index contributed by atoms with van der Waals surface area (Å²) < 4.78 is 13.2. The van der Waals surface area contributed by atoms with Crippen LogP contribution in [0.1, 0.15) is 23.2 Å². The first-order chi connectivity index (χ1) is 10.7. The molecule has 0 saturated carbocycles. The third-order valence-electron chi connectivity index (χ3n) is 3.82. The number of hydrogen-bond acceptors (Lipinski definition) is 3. The van der Waals surface area contributed by atoms with Gasteiger partial charge < -0.3 is 10.6 Å². The molecule has 1 aliphatic rings. The fourth-order valence-corrected chi connectivity index (χ4v) is 2.58. The molecule has 0 radical (unpaired) electrons. The largest absolute Gasteiger partial charge is 0.349 e. The molecule has 1 aliphatic heterocycles. The number of nitrogens with one attached hydrogen (secondary N) is 2. The highest BCUT2D eigenvalue weighted by Crippen LogP contribution is 2.18. The van der Waals surface area contributed by atoms with E-state index in [0.717, 1.165) is 25.9 Å². The second-order valence-corrected chi connectivity index (χ2v) is 5.44. The van der Waals surface area contributed by atoms with Crippen LogP contribution in [0.25, 0.3) is 11.3 Å². The van der Waals surface area contributed by atoms with Gasteiger partial charge in [-0.25, -0.2) is 4.39 Å². The summed E-state index contributed by atoms with van der Waals surface area (Å²) in [4.78, 5) is 16.4. The zero-order valence-electron chi connectivity index (χ0n) is 12.6. The fraction of sp³-hybridized carbons (Fsp3) is 0.294. The minimum Gasteiger partial charge on any atom is -0.349 e. The van der Waals surface area contributed by atoms with E-state index in [9.17, 15) is 9.18 Å². The normalized spacial score (nSPS) is 14.8. The van der Waals surface area contributed by atoms with Crippen molar-refractivity contribution in [3.8, 4) is 11.3 Å². The maximum atomic E-state index is 13.2. The van der Waals surface area contributed by atoms with Crippen molar-refractivity contribution in [1.82, 2.24) is 15.6 Å². The summed E-state index contributed by atoms with van der Waals surface area (Å²) in [5, 5.41) is 6.29. The summed E-state index contributed by atoms with van der Waals surface area (Å²) in [7, 11) is 0. The van der Waals surface area contributed by atoms with Crippen molar-refractivity contribution in [3.05, 3.63) is 54.0 Å². The Kier molecular flexibility index (Phi) is 6.07. The van der Waals surface area contributed by atoms with Crippen LogP contribution < -0.4 is 10.6 Å². The first-order valence-corrected chi connectivity index (χ1v) is 7.46. The van der Waals surface area contributed by atoms with E-state index >= 15 is 0 Å². The summed E-state index contributed by atoms with van der Waals surface area (Å²) in [6.07, 6.45) is 3.43. The maximum Gasteiger partial charge on any atom is 0.253 e. The van der Waals surface area contributed by atoms with Gasteiger partial charge >= 0.3 is 0 Å². The number of hydrogen-bond donors (Lipinski definition) is 2. The zero-order chi connectivity index (χ0) is 15.4. The van der Waals surface area contributed by atoms with Crippen molar-refractivity contribution in [2.24, 2.45) is 0 Å². The van der Waals surface area contributed by atoms with E-state index in [1.54, 1.807) is 24.3 Å². The van der Waals surface area contributed by atoms with E-state index in [0.29, 0.717) is 16.8 Å². The van der Waals surface area contributed by atoms with Gasteiger partial charge in [-0.3, -0.25) is 9.78 Å². The Bertz CT molecular complexity index is 657. The Morgan fingerprint density at radius 2 is 2.00 bits per heavy atom. The van der Waals surface area contributed by atoms with Gasteiger partial charge in [0.05, 0.1) is 11.3 Å². The van der Waals surface area contributed by atoms with E-state index in [2.05, 4.69) is 15.6 Å². The summed E-state index contributed by atoms with van der Waals surface area (Å²) in [6.45, 7) is 1.86. The van der Waals surface area contributed by atoms with Gasteiger partial charge in [0, 0.05) is 17.8 Å². The molecular weight excluding hydrogens is 317 g/mol. The lowest BCUT2D eigenvalue weighted by Gasteiger charge is -2.23. The summed E-state index contributed by atoms with van der Waals surface area (Å²) in [6, 6.07) is 9.94. The minimum absolute atomic E-state index is 0. The molecule has 4 nitrogen and oxygen atoms in total. The van der Waals surface area contributed by atoms with E-state index in [-0.39, 0.29) is 30.2 Å². The van der Waals surface area contributed by atoms with Gasteiger partial charge in [0.25, 0.3) is 5.91 Å². The highest BCUT2D eigenvalue weighted by molar-refractivity contribution is 5.94. The van der Waals surface area contributed by atoms with Gasteiger partial charge in [-0.2, -0.15) is 0 Å². The highest BCUT2D eigenvalue weighted by Gasteiger charge is 2.16. The number of aromatic nitrogens is 1. The Hall–Kier alpha value is -1.98. The second-order valence-electron chi connectivity index (χ2n) is 5.44. The highest BCUT2D eigenvalue weighted by atomic mass is 35.5. The lowest BCUT2D eigenvalue weighted by Crippen LogP contribution is -2.42. The topological polar surface area (TPSA) is 54.0 Å². The maximum absolute atomic E-state index is 13.2. The summed E-state index contributed by atoms with van der Waals surface area (Å²) in [5.41, 5.74) is 1.88. The number of halogens is 2. The molecule has 0 aliphatic carbocycles. The molecule has 0 spiro atoms. The molecule has 0 atom stereocenters. The molecule has 1 aromatic carbocycles. The van der Waals surface area contributed by atoms with E-state index in [1.807, 2.05) is 0 Å². The Morgan fingerprint density at radius 1 is 1.22 bits per heavy atom. The van der Waals surface area contributed by atoms with Crippen LogP contribution in [0, 0.1) is 5.82 Å². The van der Waals surface area contributed by atoms with Gasteiger partial charge in [0.1, 0.15) is 5.82 Å². The zero-order valence-corrected chi connectivity index (χ0v) is 13.4. The number of amides is 1. The number of pyridine rings is 1. The molecule has 2 heterocycles. The SMILES string of the molecule is Cl.O=C(NC1CCNCC1)c1ccc(-c2cccc(F)c2)nc1. The van der Waals surface area contributed by atoms with Crippen LogP contribution >= 0.6 is 12.4 Å². The van der Waals surface area contributed by atoms with Crippen LogP contribution in [-0.4, -0.2) is 30.0 Å². The lowest BCUT2D eigenvalue weighted by molar-refractivity contribution is 0.0929. The van der Waals surface area contributed by atoms with Crippen LogP contribution in [0.4, 0.5) is 4.39 Å². The van der Waals surface area contributed by atoms with Crippen LogP contribution in [0.2, 0.25) is 0 Å². The van der Waals surface area contributed by atoms with E-state index in [1.165, 1.54) is 18.3 Å². The van der Waals surface area contributed by atoms with E-state index in [4.69, 9.17) is 0 Å². The third kappa shape index (κ3) is 4.50. The van der Waals surface area contributed by atoms with Crippen LogP contribution in [0.3, 0.4) is 0 Å². The van der Waals surface area contributed by atoms with Crippen molar-refractivity contribution in [2.75, 3.05) is 13.1 Å². The first kappa shape index (κ1) is 17.4. The van der Waals surface area contributed by atoms with E-state index < -0.39 is 0 Å². The average molecular weight is 336 g/mol. The molecule has 3 rings (SSSR count). The minimum atomic E-state index is -0.299. The van der Waals surface area contributed by atoms with Crippen molar-refractivity contribution in [1.29, 1.82) is 0 Å². The number of carbonyl (C=O) groups is 1. The third-order valence-corrected chi connectivity index (χ3v) is 3.82. The summed E-state index contributed by atoms with van der Waals surface area (Å²) >= 11 is 0. The molecule has 0 bridgehead atoms. The van der Waals surface area contributed by atoms with Gasteiger partial charge in [0.2, 0.25) is 0 Å². The van der Waals surface area contributed by atoms with Gasteiger partial charge in [-0.1, -0.05) is 12.1 Å². The fourth-order valence-electron chi connectivity index (χ4n) is 2.58. The van der Waals surface area contributed by atoms with Gasteiger partial charge in [0.15, 0.2) is 0 Å². The quantitative estimate of drug-likeness (QED) is 0.907. The number of nitrogens with zero attached hydrogens (tertiary/aromatic N) is 1. The van der Waals surface area contributed by atoms with Crippen LogP contribution in [0.15, 0.2) is 42.6 Å².